The summed E-state index contributed by atoms with van der Waals surface area (Å²) in [5.74, 6) is 3.72. The van der Waals surface area contributed by atoms with Crippen LogP contribution in [0.5, 0.6) is 0 Å². The number of hydrogen-bond donors (Lipinski definition) is 0. The average Bonchev–Trinajstić information content (AvgIpc) is 1.55. The minimum atomic E-state index is 0.612. The second kappa shape index (κ2) is 34.6. The van der Waals surface area contributed by atoms with Gasteiger partial charge in [-0.25, -0.2) is 29.9 Å². The van der Waals surface area contributed by atoms with E-state index in [-0.39, 0.29) is 0 Å². The fraction of sp³-hybridized carbons (Fsp3) is 0. The van der Waals surface area contributed by atoms with E-state index >= 15 is 0 Å². The Bertz CT molecular complexity index is 8930. The van der Waals surface area contributed by atoms with E-state index in [4.69, 9.17) is 29.9 Å². The number of para-hydroxylation sites is 4. The van der Waals surface area contributed by atoms with Crippen LogP contribution in [-0.2, 0) is 0 Å². The molecule has 0 unspecified atom stereocenters. The lowest BCUT2D eigenvalue weighted by Gasteiger charge is -2.17. The maximum absolute atomic E-state index is 5.37. The molecule has 0 bridgehead atoms. The highest BCUT2D eigenvalue weighted by molar-refractivity contribution is 7.26. The summed E-state index contributed by atoms with van der Waals surface area (Å²) in [5.41, 5.74) is 30.7. The van der Waals surface area contributed by atoms with Crippen molar-refractivity contribution in [1.82, 2.24) is 39.0 Å². The van der Waals surface area contributed by atoms with Crippen LogP contribution in [0.2, 0.25) is 0 Å². The maximum atomic E-state index is 5.37. The highest BCUT2D eigenvalue weighted by Gasteiger charge is 2.27. The molecule has 6 heterocycles. The van der Waals surface area contributed by atoms with E-state index in [1.165, 1.54) is 95.1 Å². The van der Waals surface area contributed by atoms with Crippen LogP contribution in [0.25, 0.3) is 253 Å². The molecule has 0 aliphatic rings. The van der Waals surface area contributed by atoms with E-state index in [1.54, 1.807) is 0 Å². The molecule has 8 nitrogen and oxygen atoms in total. The predicted octanol–water partition coefficient (Wildman–Crippen LogP) is 34.0. The van der Waals surface area contributed by atoms with Gasteiger partial charge in [0.25, 0.3) is 0 Å². The fourth-order valence-corrected chi connectivity index (χ4v) is 22.2. The van der Waals surface area contributed by atoms with E-state index < -0.39 is 0 Å². The molecule has 0 N–H and O–H groups in total. The number of aromatic nitrogens is 8. The summed E-state index contributed by atoms with van der Waals surface area (Å²) in [6.07, 6.45) is 0. The fourth-order valence-electron chi connectivity index (χ4n) is 19.8. The summed E-state index contributed by atoms with van der Waals surface area (Å²) in [4.78, 5) is 31.6. The van der Waals surface area contributed by atoms with Gasteiger partial charge in [0.1, 0.15) is 0 Å². The Hall–Kier alpha value is -17.5. The van der Waals surface area contributed by atoms with E-state index in [2.05, 4.69) is 422 Å². The Labute approximate surface area is 793 Å². The van der Waals surface area contributed by atoms with Crippen LogP contribution in [0.1, 0.15) is 0 Å². The van der Waals surface area contributed by atoms with Gasteiger partial charge < -0.3 is 9.13 Å². The number of fused-ring (bicyclic) bond motifs is 14. The summed E-state index contributed by atoms with van der Waals surface area (Å²) in [6.45, 7) is 0. The lowest BCUT2D eigenvalue weighted by atomic mass is 9.88. The van der Waals surface area contributed by atoms with E-state index in [9.17, 15) is 0 Å². The van der Waals surface area contributed by atoms with Crippen LogP contribution in [0.4, 0.5) is 0 Å². The van der Waals surface area contributed by atoms with Crippen molar-refractivity contribution in [2.24, 2.45) is 0 Å². The molecule has 636 valence electrons. The zero-order chi connectivity index (χ0) is 89.9. The molecule has 0 atom stereocenters. The smallest absolute Gasteiger partial charge is 0.164 e. The van der Waals surface area contributed by atoms with E-state index in [1.807, 2.05) is 95.5 Å². The SMILES string of the molecule is c1ccc(-c2ccc(-c3ccccc3)c(-c3ccc(-c4ccc5c(c4)sc4ccc6c(c7ccccc7n6-c6ccccc6)c45)c(-c4nc(-c5ccccc5)nc(-c5ccccc5)n4)c3)c2)cc1.c1ccc(-c2ccc(-c3ccccc3)c(-c3ccc(-c4cccc5c4sc4ccc6c(c7ccccc7n6-c6ccccc6)c45)c(-c4nc(-c5ccccc5)nc(-c5ccccc5)n4)c3)c2)cc1. The van der Waals surface area contributed by atoms with Crippen molar-refractivity contribution in [3.05, 3.63) is 485 Å². The maximum Gasteiger partial charge on any atom is 0.164 e. The second-order valence-electron chi connectivity index (χ2n) is 34.2. The molecule has 0 spiro atoms. The molecule has 0 aliphatic heterocycles. The third kappa shape index (κ3) is 14.7. The van der Waals surface area contributed by atoms with Gasteiger partial charge in [-0.3, -0.25) is 0 Å². The third-order valence-electron chi connectivity index (χ3n) is 26.2. The summed E-state index contributed by atoms with van der Waals surface area (Å²) in [6, 6.07) is 173. The minimum absolute atomic E-state index is 0.612. The summed E-state index contributed by atoms with van der Waals surface area (Å²) in [7, 11) is 0. The standard InChI is InChI=1S/2C63H40N4S/c1-6-19-41(20-7-1)45-33-35-48(42-21-8-2-9-22-42)53(39-45)46-34-36-49(54(40-46)63-65-61(43-23-10-3-11-24-43)64-62(66-63)44-25-12-4-13-26-44)50-30-18-31-52-59-57(68-60(50)52)38-37-56-58(59)51-29-16-17-32-55(51)67(56)47-27-14-5-15-28-47;1-6-18-41(19-7-1)45-30-33-49(42-20-8-2-9-21-42)53(38-45)46-31-34-50(54(39-46)63-65-61(43-22-10-3-11-23-43)64-62(66-63)44-24-12-4-13-25-44)47-32-35-52-58(40-47)68-57-37-36-56-59(60(52)57)51-28-16-17-29-55(51)67(56)48-26-14-5-15-27-48/h2*1-40H. The van der Waals surface area contributed by atoms with E-state index in [0.717, 1.165) is 123 Å². The molecular weight excluding hydrogens is 1690 g/mol. The van der Waals surface area contributed by atoms with Crippen LogP contribution >= 0.6 is 22.7 Å². The molecule has 20 aromatic carbocycles. The number of rotatable bonds is 16. The third-order valence-corrected chi connectivity index (χ3v) is 28.5. The largest absolute Gasteiger partial charge is 0.309 e. The molecule has 26 aromatic rings. The molecule has 0 saturated heterocycles. The molecule has 0 radical (unpaired) electrons. The number of hydrogen-bond acceptors (Lipinski definition) is 8. The van der Waals surface area contributed by atoms with Crippen molar-refractivity contribution in [2.75, 3.05) is 0 Å². The summed E-state index contributed by atoms with van der Waals surface area (Å²) >= 11 is 3.70. The van der Waals surface area contributed by atoms with Gasteiger partial charge in [-0.2, -0.15) is 0 Å². The van der Waals surface area contributed by atoms with Gasteiger partial charge in [-0.15, -0.1) is 22.7 Å². The molecule has 0 saturated carbocycles. The molecule has 0 aliphatic carbocycles. The number of nitrogens with zero attached hydrogens (tertiary/aromatic N) is 8. The van der Waals surface area contributed by atoms with E-state index in [0.29, 0.717) is 34.9 Å². The lowest BCUT2D eigenvalue weighted by molar-refractivity contribution is 1.07. The van der Waals surface area contributed by atoms with Crippen LogP contribution in [0.15, 0.2) is 485 Å². The summed E-state index contributed by atoms with van der Waals surface area (Å²) in [5, 5.41) is 10.1. The quantitative estimate of drug-likeness (QED) is 0.0958. The molecule has 136 heavy (non-hydrogen) atoms. The van der Waals surface area contributed by atoms with Crippen molar-refractivity contribution < 1.29 is 0 Å². The monoisotopic (exact) mass is 1770 g/mol. The van der Waals surface area contributed by atoms with Crippen molar-refractivity contribution in [1.29, 1.82) is 0 Å². The predicted molar refractivity (Wildman–Crippen MR) is 570 cm³/mol. The van der Waals surface area contributed by atoms with Crippen LogP contribution < -0.4 is 0 Å². The lowest BCUT2D eigenvalue weighted by Crippen LogP contribution is -2.01. The number of benzene rings is 20. The average molecular weight is 1770 g/mol. The first-order valence-electron chi connectivity index (χ1n) is 45.9. The first kappa shape index (κ1) is 80.5. The zero-order valence-corrected chi connectivity index (χ0v) is 75.2. The normalized spacial score (nSPS) is 11.5. The van der Waals surface area contributed by atoms with Gasteiger partial charge in [0.15, 0.2) is 34.9 Å². The Morgan fingerprint density at radius 1 is 0.147 bits per heavy atom. The Kier molecular flexibility index (Phi) is 20.5. The van der Waals surface area contributed by atoms with Crippen LogP contribution in [0, 0.1) is 0 Å². The topological polar surface area (TPSA) is 87.2 Å². The van der Waals surface area contributed by atoms with Gasteiger partial charge in [-0.05, 0) is 174 Å². The van der Waals surface area contributed by atoms with Gasteiger partial charge in [0.05, 0.1) is 22.1 Å². The zero-order valence-electron chi connectivity index (χ0n) is 73.6. The molecule has 6 aromatic heterocycles. The van der Waals surface area contributed by atoms with Gasteiger partial charge >= 0.3 is 0 Å². The Morgan fingerprint density at radius 3 is 0.882 bits per heavy atom. The van der Waals surface area contributed by atoms with Gasteiger partial charge in [-0.1, -0.05) is 394 Å². The Morgan fingerprint density at radius 2 is 0.456 bits per heavy atom. The highest BCUT2D eigenvalue weighted by atomic mass is 32.1. The van der Waals surface area contributed by atoms with Gasteiger partial charge in [0.2, 0.25) is 0 Å². The van der Waals surface area contributed by atoms with Crippen molar-refractivity contribution in [3.63, 3.8) is 0 Å². The molecule has 10 heteroatoms. The number of thiophene rings is 2. The van der Waals surface area contributed by atoms with Crippen molar-refractivity contribution in [3.8, 4) is 169 Å². The minimum Gasteiger partial charge on any atom is -0.309 e. The Balaban J connectivity index is 0.000000145. The molecular formula is C126H80N8S2. The van der Waals surface area contributed by atoms with Crippen LogP contribution in [0.3, 0.4) is 0 Å². The first-order chi connectivity index (χ1) is 67.4. The first-order valence-corrected chi connectivity index (χ1v) is 47.5. The molecule has 26 rings (SSSR count). The summed E-state index contributed by atoms with van der Waals surface area (Å²) < 4.78 is 9.76. The van der Waals surface area contributed by atoms with Crippen LogP contribution in [-0.4, -0.2) is 39.0 Å². The van der Waals surface area contributed by atoms with Crippen molar-refractivity contribution in [2.45, 2.75) is 0 Å². The highest BCUT2D eigenvalue weighted by Crippen LogP contribution is 2.52. The van der Waals surface area contributed by atoms with Crippen molar-refractivity contribution >= 4 is 107 Å². The van der Waals surface area contributed by atoms with Gasteiger partial charge in [0, 0.05) is 112 Å². The molecule has 0 amide bonds. The second-order valence-corrected chi connectivity index (χ2v) is 36.4. The molecule has 0 fully saturated rings.